The molecule has 0 amide bonds. The van der Waals surface area contributed by atoms with Gasteiger partial charge in [0.05, 0.1) is 16.4 Å². The molecule has 4 heterocycles. The lowest BCUT2D eigenvalue weighted by atomic mass is 9.35. The molecule has 2 aromatic heterocycles. The Morgan fingerprint density at radius 3 is 2.44 bits per heavy atom. The van der Waals surface area contributed by atoms with E-state index in [-0.39, 0.29) is 6.71 Å². The highest BCUT2D eigenvalue weighted by Crippen LogP contribution is 2.42. The molecule has 0 bridgehead atoms. The largest absolute Gasteiger partial charge is 0.455 e. The Kier molecular flexibility index (Phi) is 3.08. The average Bonchev–Trinajstić information content (AvgIpc) is 3.43. The summed E-state index contributed by atoms with van der Waals surface area (Å²) in [5.74, 6) is 0. The summed E-state index contributed by atoms with van der Waals surface area (Å²) < 4.78 is 9.04. The van der Waals surface area contributed by atoms with Crippen LogP contribution in [0.25, 0.3) is 49.4 Å². The minimum atomic E-state index is 0.209. The molecule has 2 aliphatic rings. The molecule has 0 aliphatic carbocycles. The van der Waals surface area contributed by atoms with Crippen LogP contribution in [0.3, 0.4) is 0 Å². The van der Waals surface area contributed by atoms with E-state index in [1.54, 1.807) is 0 Å². The quantitative estimate of drug-likeness (QED) is 0.265. The topological polar surface area (TPSA) is 18.1 Å². The van der Waals surface area contributed by atoms with Gasteiger partial charge >= 0.3 is 0 Å². The molecular weight excluding hydrogens is 433 g/mol. The van der Waals surface area contributed by atoms with E-state index in [1.165, 1.54) is 64.4 Å². The maximum absolute atomic E-state index is 6.56. The van der Waals surface area contributed by atoms with Crippen LogP contribution in [0, 0.1) is 0 Å². The second-order valence-electron chi connectivity index (χ2n) is 9.28. The molecule has 0 unspecified atom stereocenters. The summed E-state index contributed by atoms with van der Waals surface area (Å²) in [4.78, 5) is 2.71. The number of para-hydroxylation sites is 2. The van der Waals surface area contributed by atoms with Crippen LogP contribution in [0.2, 0.25) is 0 Å². The van der Waals surface area contributed by atoms with Crippen LogP contribution in [0.4, 0.5) is 0 Å². The summed E-state index contributed by atoms with van der Waals surface area (Å²) >= 11 is 1.90. The summed E-state index contributed by atoms with van der Waals surface area (Å²) in [5, 5.41) is 4.87. The third kappa shape index (κ3) is 1.94. The molecule has 5 aromatic carbocycles. The fourth-order valence-electron chi connectivity index (χ4n) is 6.35. The standard InChI is InChI=1S/C30H16BNOS/c1-4-11-22-18(9-1)27-29-21(16-19-17-8-2-5-13-24(17)33-30(19)27)31-20-10-3-6-14-25(20)34-26-15-7-12-23(28(26)31)32(22)29/h1-16H. The molecular formula is C30H16BNOS. The van der Waals surface area contributed by atoms with Gasteiger partial charge in [-0.05, 0) is 41.3 Å². The average molecular weight is 449 g/mol. The van der Waals surface area contributed by atoms with Crippen molar-refractivity contribution in [3.8, 4) is 5.69 Å². The number of hydrogen-bond donors (Lipinski definition) is 0. The predicted octanol–water partition coefficient (Wildman–Crippen LogP) is 5.98. The summed E-state index contributed by atoms with van der Waals surface area (Å²) in [6, 6.07) is 35.3. The monoisotopic (exact) mass is 449 g/mol. The summed E-state index contributed by atoms with van der Waals surface area (Å²) in [6.07, 6.45) is 0. The maximum Gasteiger partial charge on any atom is 0.249 e. The summed E-state index contributed by atoms with van der Waals surface area (Å²) in [7, 11) is 0. The second kappa shape index (κ2) is 5.96. The van der Waals surface area contributed by atoms with Crippen LogP contribution in [-0.2, 0) is 0 Å². The molecule has 0 saturated carbocycles. The van der Waals surface area contributed by atoms with Gasteiger partial charge in [-0.25, -0.2) is 0 Å². The van der Waals surface area contributed by atoms with E-state index in [1.807, 2.05) is 11.8 Å². The van der Waals surface area contributed by atoms with Crippen molar-refractivity contribution in [3.05, 3.63) is 97.1 Å². The zero-order chi connectivity index (χ0) is 22.0. The van der Waals surface area contributed by atoms with E-state index in [0.717, 1.165) is 11.2 Å². The van der Waals surface area contributed by atoms with Crippen LogP contribution in [0.15, 0.2) is 111 Å². The lowest BCUT2D eigenvalue weighted by Crippen LogP contribution is -2.58. The molecule has 34 heavy (non-hydrogen) atoms. The van der Waals surface area contributed by atoms with Crippen molar-refractivity contribution in [2.45, 2.75) is 9.79 Å². The van der Waals surface area contributed by atoms with Gasteiger partial charge in [0, 0.05) is 31.6 Å². The highest BCUT2D eigenvalue weighted by molar-refractivity contribution is 8.00. The van der Waals surface area contributed by atoms with Gasteiger partial charge < -0.3 is 8.98 Å². The van der Waals surface area contributed by atoms with E-state index in [4.69, 9.17) is 4.42 Å². The van der Waals surface area contributed by atoms with Gasteiger partial charge in [0.2, 0.25) is 6.71 Å². The smallest absolute Gasteiger partial charge is 0.249 e. The lowest BCUT2D eigenvalue weighted by Gasteiger charge is -2.33. The Morgan fingerprint density at radius 2 is 1.47 bits per heavy atom. The minimum Gasteiger partial charge on any atom is -0.455 e. The maximum atomic E-state index is 6.56. The molecule has 2 nitrogen and oxygen atoms in total. The molecule has 0 fully saturated rings. The fourth-order valence-corrected chi connectivity index (χ4v) is 7.51. The second-order valence-corrected chi connectivity index (χ2v) is 10.4. The normalized spacial score (nSPS) is 13.7. The van der Waals surface area contributed by atoms with Gasteiger partial charge in [0.1, 0.15) is 11.2 Å². The van der Waals surface area contributed by atoms with Crippen molar-refractivity contribution < 1.29 is 4.42 Å². The number of aromatic nitrogens is 1. The Balaban J connectivity index is 1.60. The third-order valence-corrected chi connectivity index (χ3v) is 8.81. The van der Waals surface area contributed by atoms with E-state index >= 15 is 0 Å². The molecule has 0 saturated heterocycles. The molecule has 7 aromatic rings. The van der Waals surface area contributed by atoms with E-state index in [2.05, 4.69) is 102 Å². The van der Waals surface area contributed by atoms with Crippen LogP contribution in [0.1, 0.15) is 0 Å². The van der Waals surface area contributed by atoms with Gasteiger partial charge in [-0.1, -0.05) is 84.0 Å². The van der Waals surface area contributed by atoms with Crippen LogP contribution < -0.4 is 16.4 Å². The summed E-state index contributed by atoms with van der Waals surface area (Å²) in [6.45, 7) is 0.209. The minimum absolute atomic E-state index is 0.209. The first-order chi connectivity index (χ1) is 16.9. The first kappa shape index (κ1) is 17.6. The van der Waals surface area contributed by atoms with E-state index in [9.17, 15) is 0 Å². The van der Waals surface area contributed by atoms with Crippen LogP contribution >= 0.6 is 11.8 Å². The van der Waals surface area contributed by atoms with Crippen molar-refractivity contribution in [2.24, 2.45) is 0 Å². The molecule has 0 atom stereocenters. The third-order valence-electron chi connectivity index (χ3n) is 7.64. The van der Waals surface area contributed by atoms with Gasteiger partial charge in [-0.3, -0.25) is 0 Å². The first-order valence-corrected chi connectivity index (χ1v) is 12.5. The first-order valence-electron chi connectivity index (χ1n) is 11.7. The number of nitrogens with zero attached hydrogens (tertiary/aromatic N) is 1. The van der Waals surface area contributed by atoms with Gasteiger partial charge in [-0.2, -0.15) is 0 Å². The molecule has 0 radical (unpaired) electrons. The van der Waals surface area contributed by atoms with Gasteiger partial charge in [-0.15, -0.1) is 0 Å². The lowest BCUT2D eigenvalue weighted by molar-refractivity contribution is 0.673. The number of benzene rings is 5. The van der Waals surface area contributed by atoms with Gasteiger partial charge in [0.25, 0.3) is 0 Å². The van der Waals surface area contributed by atoms with Crippen molar-refractivity contribution in [1.29, 1.82) is 0 Å². The number of hydrogen-bond acceptors (Lipinski definition) is 2. The van der Waals surface area contributed by atoms with Crippen LogP contribution in [0.5, 0.6) is 0 Å². The molecule has 9 rings (SSSR count). The molecule has 156 valence electrons. The zero-order valence-corrected chi connectivity index (χ0v) is 18.9. The molecule has 2 aliphatic heterocycles. The highest BCUT2D eigenvalue weighted by atomic mass is 32.2. The Hall–Kier alpha value is -3.89. The summed E-state index contributed by atoms with van der Waals surface area (Å²) in [5.41, 5.74) is 9.95. The SMILES string of the molecule is c1ccc2c(c1)Sc1cccc3c1B2c1cc2c4ccccc4oc2c2c4ccccc4n-3c12. The number of furan rings is 1. The number of rotatable bonds is 0. The Labute approximate surface area is 199 Å². The van der Waals surface area contributed by atoms with E-state index in [0.29, 0.717) is 0 Å². The molecule has 0 spiro atoms. The predicted molar refractivity (Wildman–Crippen MR) is 143 cm³/mol. The zero-order valence-electron chi connectivity index (χ0n) is 18.1. The molecule has 0 N–H and O–H groups in total. The highest BCUT2D eigenvalue weighted by Gasteiger charge is 2.40. The van der Waals surface area contributed by atoms with Crippen molar-refractivity contribution >= 4 is 78.6 Å². The van der Waals surface area contributed by atoms with Crippen molar-refractivity contribution in [2.75, 3.05) is 0 Å². The van der Waals surface area contributed by atoms with Crippen LogP contribution in [-0.4, -0.2) is 11.3 Å². The van der Waals surface area contributed by atoms with Gasteiger partial charge in [0.15, 0.2) is 0 Å². The van der Waals surface area contributed by atoms with E-state index < -0.39 is 0 Å². The Bertz CT molecular complexity index is 2010. The Morgan fingerprint density at radius 1 is 0.676 bits per heavy atom. The van der Waals surface area contributed by atoms with Crippen molar-refractivity contribution in [3.63, 3.8) is 0 Å². The number of fused-ring (bicyclic) bond motifs is 11. The molecule has 4 heteroatoms. The fraction of sp³-hybridized carbons (Fsp3) is 0. The van der Waals surface area contributed by atoms with Crippen molar-refractivity contribution in [1.82, 2.24) is 4.57 Å².